The number of morpholine rings is 1. The molecule has 0 bridgehead atoms. The Morgan fingerprint density at radius 2 is 1.72 bits per heavy atom. The first kappa shape index (κ1) is 17.6. The van der Waals surface area contributed by atoms with E-state index in [1.807, 2.05) is 54.1 Å². The topological polar surface area (TPSA) is 80.2 Å². The number of ether oxygens (including phenoxy) is 1. The van der Waals surface area contributed by atoms with Crippen LogP contribution >= 0.6 is 0 Å². The molecule has 1 aliphatic heterocycles. The first-order valence-corrected chi connectivity index (χ1v) is 9.59. The van der Waals surface area contributed by atoms with Gasteiger partial charge in [-0.15, -0.1) is 0 Å². The second kappa shape index (κ2) is 6.86. The number of para-hydroxylation sites is 2. The number of aryl methyl sites for hydroxylation is 1. The number of aromatic nitrogens is 3. The third-order valence-electron chi connectivity index (χ3n) is 5.46. The van der Waals surface area contributed by atoms with Gasteiger partial charge in [0.1, 0.15) is 11.5 Å². The summed E-state index contributed by atoms with van der Waals surface area (Å²) in [5, 5.41) is 1.41. The first-order chi connectivity index (χ1) is 14.1. The molecule has 0 atom stereocenters. The molecule has 0 unspecified atom stereocenters. The van der Waals surface area contributed by atoms with Crippen LogP contribution in [0.3, 0.4) is 0 Å². The molecule has 1 aliphatic rings. The maximum Gasteiger partial charge on any atom is 0.271 e. The number of carbonyl (C=O) groups excluding carboxylic acids is 1. The minimum atomic E-state index is -0.219. The van der Waals surface area contributed by atoms with E-state index in [1.165, 1.54) is 0 Å². The van der Waals surface area contributed by atoms with Gasteiger partial charge in [0, 0.05) is 31.0 Å². The van der Waals surface area contributed by atoms with Gasteiger partial charge in [0.2, 0.25) is 0 Å². The molecule has 7 heteroatoms. The molecule has 7 nitrogen and oxygen atoms in total. The van der Waals surface area contributed by atoms with Crippen molar-refractivity contribution in [1.82, 2.24) is 19.4 Å². The molecule has 2 aromatic heterocycles. The van der Waals surface area contributed by atoms with Gasteiger partial charge in [0.25, 0.3) is 11.5 Å². The van der Waals surface area contributed by atoms with Crippen molar-refractivity contribution in [2.45, 2.75) is 0 Å². The summed E-state index contributed by atoms with van der Waals surface area (Å²) in [6, 6.07) is 15.0. The number of carbonyl (C=O) groups is 1. The van der Waals surface area contributed by atoms with Crippen molar-refractivity contribution in [2.75, 3.05) is 26.3 Å². The number of rotatable bonds is 2. The Hall–Kier alpha value is -3.45. The van der Waals surface area contributed by atoms with E-state index < -0.39 is 0 Å². The van der Waals surface area contributed by atoms with Gasteiger partial charge >= 0.3 is 0 Å². The molecule has 3 heterocycles. The average molecular weight is 388 g/mol. The normalized spacial score (nSPS) is 14.6. The van der Waals surface area contributed by atoms with Crippen molar-refractivity contribution >= 4 is 27.7 Å². The van der Waals surface area contributed by atoms with Crippen molar-refractivity contribution in [3.63, 3.8) is 0 Å². The summed E-state index contributed by atoms with van der Waals surface area (Å²) < 4.78 is 7.28. The van der Waals surface area contributed by atoms with Gasteiger partial charge in [-0.1, -0.05) is 30.3 Å². The summed E-state index contributed by atoms with van der Waals surface area (Å²) in [6.45, 7) is 2.13. The van der Waals surface area contributed by atoms with Gasteiger partial charge in [-0.2, -0.15) is 0 Å². The summed E-state index contributed by atoms with van der Waals surface area (Å²) in [4.78, 5) is 35.5. The van der Waals surface area contributed by atoms with Gasteiger partial charge in [-0.05, 0) is 18.2 Å². The molecule has 0 aliphatic carbocycles. The van der Waals surface area contributed by atoms with Crippen molar-refractivity contribution in [1.29, 1.82) is 0 Å². The summed E-state index contributed by atoms with van der Waals surface area (Å²) >= 11 is 0. The molecular weight excluding hydrogens is 368 g/mol. The molecule has 29 heavy (non-hydrogen) atoms. The number of H-pyrrole nitrogens is 1. The van der Waals surface area contributed by atoms with Crippen molar-refractivity contribution in [3.8, 4) is 11.4 Å². The van der Waals surface area contributed by atoms with Crippen LogP contribution in [0.1, 0.15) is 10.5 Å². The lowest BCUT2D eigenvalue weighted by Gasteiger charge is -2.27. The molecule has 0 saturated carbocycles. The molecule has 1 fully saturated rings. The number of benzene rings is 2. The number of nitrogens with one attached hydrogen (secondary N) is 1. The zero-order valence-corrected chi connectivity index (χ0v) is 16.0. The Morgan fingerprint density at radius 1 is 1.03 bits per heavy atom. The molecule has 146 valence electrons. The molecule has 5 rings (SSSR count). The zero-order valence-electron chi connectivity index (χ0n) is 16.0. The van der Waals surface area contributed by atoms with Crippen LogP contribution < -0.4 is 5.56 Å². The van der Waals surface area contributed by atoms with Crippen LogP contribution in [-0.4, -0.2) is 51.6 Å². The Kier molecular flexibility index (Phi) is 4.17. The van der Waals surface area contributed by atoms with Gasteiger partial charge < -0.3 is 19.2 Å². The molecule has 0 spiro atoms. The van der Waals surface area contributed by atoms with Crippen molar-refractivity contribution in [2.24, 2.45) is 7.05 Å². The monoisotopic (exact) mass is 388 g/mol. The Morgan fingerprint density at radius 3 is 2.52 bits per heavy atom. The van der Waals surface area contributed by atoms with Crippen LogP contribution in [0.4, 0.5) is 0 Å². The van der Waals surface area contributed by atoms with E-state index in [2.05, 4.69) is 4.98 Å². The largest absolute Gasteiger partial charge is 0.378 e. The van der Waals surface area contributed by atoms with Crippen LogP contribution in [0.15, 0.2) is 53.3 Å². The van der Waals surface area contributed by atoms with Gasteiger partial charge in [0.15, 0.2) is 0 Å². The second-order valence-electron chi connectivity index (χ2n) is 7.14. The highest BCUT2D eigenvalue weighted by Crippen LogP contribution is 2.33. The second-order valence-corrected chi connectivity index (χ2v) is 7.14. The third kappa shape index (κ3) is 2.82. The lowest BCUT2D eigenvalue weighted by atomic mass is 10.1. The zero-order chi connectivity index (χ0) is 20.0. The predicted molar refractivity (Wildman–Crippen MR) is 111 cm³/mol. The Labute approximate surface area is 166 Å². The van der Waals surface area contributed by atoms with E-state index in [0.717, 1.165) is 10.9 Å². The van der Waals surface area contributed by atoms with E-state index in [0.29, 0.717) is 54.3 Å². The van der Waals surface area contributed by atoms with E-state index in [1.54, 1.807) is 11.0 Å². The number of nitrogens with zero attached hydrogens (tertiary/aromatic N) is 3. The van der Waals surface area contributed by atoms with Crippen LogP contribution in [-0.2, 0) is 11.8 Å². The van der Waals surface area contributed by atoms with Gasteiger partial charge in [0.05, 0.1) is 29.7 Å². The first-order valence-electron chi connectivity index (χ1n) is 9.59. The SMILES string of the molecule is Cn1c(C(=O)N2CCOCC2)c(-c2nc3ccccc3c(=O)[nH]2)c2ccccc21. The summed E-state index contributed by atoms with van der Waals surface area (Å²) in [5.74, 6) is 0.319. The highest BCUT2D eigenvalue weighted by atomic mass is 16.5. The fraction of sp³-hybridized carbons (Fsp3) is 0.227. The molecule has 2 aromatic carbocycles. The fourth-order valence-electron chi connectivity index (χ4n) is 4.00. The number of hydrogen-bond acceptors (Lipinski definition) is 4. The van der Waals surface area contributed by atoms with E-state index in [9.17, 15) is 9.59 Å². The number of hydrogen-bond donors (Lipinski definition) is 1. The highest BCUT2D eigenvalue weighted by molar-refractivity contribution is 6.09. The summed E-state index contributed by atoms with van der Waals surface area (Å²) in [6.07, 6.45) is 0. The van der Waals surface area contributed by atoms with E-state index >= 15 is 0 Å². The van der Waals surface area contributed by atoms with Gasteiger partial charge in [-0.3, -0.25) is 9.59 Å². The van der Waals surface area contributed by atoms with E-state index in [4.69, 9.17) is 9.72 Å². The fourth-order valence-corrected chi connectivity index (χ4v) is 4.00. The van der Waals surface area contributed by atoms with Crippen LogP contribution in [0, 0.1) is 0 Å². The van der Waals surface area contributed by atoms with Gasteiger partial charge in [-0.25, -0.2) is 4.98 Å². The third-order valence-corrected chi connectivity index (χ3v) is 5.46. The number of fused-ring (bicyclic) bond motifs is 2. The maximum atomic E-state index is 13.5. The molecule has 1 amide bonds. The molecule has 4 aromatic rings. The quantitative estimate of drug-likeness (QED) is 0.572. The van der Waals surface area contributed by atoms with Crippen LogP contribution in [0.5, 0.6) is 0 Å². The smallest absolute Gasteiger partial charge is 0.271 e. The van der Waals surface area contributed by atoms with Crippen LogP contribution in [0.2, 0.25) is 0 Å². The minimum Gasteiger partial charge on any atom is -0.378 e. The summed E-state index contributed by atoms with van der Waals surface area (Å²) in [5.41, 5.74) is 2.47. The standard InChI is InChI=1S/C22H20N4O3/c1-25-17-9-5-3-7-15(17)18(19(25)22(28)26-10-12-29-13-11-26)20-23-16-8-4-2-6-14(16)21(27)24-20/h2-9H,10-13H2,1H3,(H,23,24,27). The summed E-state index contributed by atoms with van der Waals surface area (Å²) in [7, 11) is 1.87. The maximum absolute atomic E-state index is 13.5. The minimum absolute atomic E-state index is 0.0854. The lowest BCUT2D eigenvalue weighted by Crippen LogP contribution is -2.41. The molecule has 1 saturated heterocycles. The van der Waals surface area contributed by atoms with Crippen LogP contribution in [0.25, 0.3) is 33.2 Å². The molecule has 0 radical (unpaired) electrons. The van der Waals surface area contributed by atoms with Crippen molar-refractivity contribution in [3.05, 3.63) is 64.6 Å². The van der Waals surface area contributed by atoms with E-state index in [-0.39, 0.29) is 11.5 Å². The highest BCUT2D eigenvalue weighted by Gasteiger charge is 2.28. The number of aromatic amines is 1. The van der Waals surface area contributed by atoms with Crippen molar-refractivity contribution < 1.29 is 9.53 Å². The number of amides is 1. The Bertz CT molecular complexity index is 1300. The lowest BCUT2D eigenvalue weighted by molar-refractivity contribution is 0.0297. The molecule has 1 N–H and O–H groups in total. The Balaban J connectivity index is 1.79. The average Bonchev–Trinajstić information content (AvgIpc) is 3.06. The predicted octanol–water partition coefficient (Wildman–Crippen LogP) is 2.55. The molecular formula is C22H20N4O3.